The zero-order valence-electron chi connectivity index (χ0n) is 14.2. The van der Waals surface area contributed by atoms with Crippen molar-refractivity contribution >= 4 is 5.97 Å². The van der Waals surface area contributed by atoms with Crippen LogP contribution in [-0.4, -0.2) is 11.1 Å². The van der Waals surface area contributed by atoms with Gasteiger partial charge in [0.25, 0.3) is 0 Å². The summed E-state index contributed by atoms with van der Waals surface area (Å²) in [7, 11) is 0. The molecule has 1 fully saturated rings. The maximum absolute atomic E-state index is 12.2. The zero-order valence-corrected chi connectivity index (χ0v) is 14.2. The van der Waals surface area contributed by atoms with Crippen LogP contribution >= 0.6 is 0 Å². The number of carboxylic acid groups (broad SMARTS) is 1. The fourth-order valence-electron chi connectivity index (χ4n) is 4.83. The molecule has 1 aromatic carbocycles. The topological polar surface area (TPSA) is 87.1 Å². The number of aliphatic carboxylic acids is 1. The van der Waals surface area contributed by atoms with Crippen LogP contribution in [0.25, 0.3) is 0 Å². The lowest BCUT2D eigenvalue weighted by Crippen LogP contribution is -2.60. The van der Waals surface area contributed by atoms with E-state index in [2.05, 4.69) is 19.1 Å². The van der Waals surface area contributed by atoms with Crippen molar-refractivity contribution in [3.05, 3.63) is 47.5 Å². The second-order valence-electron chi connectivity index (χ2n) is 7.44. The molecule has 0 aliphatic heterocycles. The van der Waals surface area contributed by atoms with Crippen molar-refractivity contribution in [3.63, 3.8) is 0 Å². The Labute approximate surface area is 143 Å². The van der Waals surface area contributed by atoms with Gasteiger partial charge in [0, 0.05) is 0 Å². The first-order valence-electron chi connectivity index (χ1n) is 8.55. The van der Waals surface area contributed by atoms with Crippen LogP contribution < -0.4 is 5.73 Å². The maximum Gasteiger partial charge on any atom is 0.310 e. The first-order valence-corrected chi connectivity index (χ1v) is 8.55. The molecule has 0 amide bonds. The molecular weight excluding hydrogens is 300 g/mol. The van der Waals surface area contributed by atoms with Gasteiger partial charge >= 0.3 is 5.97 Å². The van der Waals surface area contributed by atoms with Crippen LogP contribution in [0.4, 0.5) is 0 Å². The summed E-state index contributed by atoms with van der Waals surface area (Å²) in [4.78, 5) is 12.2. The van der Waals surface area contributed by atoms with Crippen LogP contribution in [0.2, 0.25) is 0 Å². The smallest absolute Gasteiger partial charge is 0.310 e. The van der Waals surface area contributed by atoms with Gasteiger partial charge in [-0.2, -0.15) is 5.26 Å². The average Bonchev–Trinajstić information content (AvgIpc) is 2.90. The van der Waals surface area contributed by atoms with Crippen LogP contribution in [0.5, 0.6) is 0 Å². The number of hydrogen-bond donors (Lipinski definition) is 2. The van der Waals surface area contributed by atoms with Crippen molar-refractivity contribution in [2.45, 2.75) is 38.6 Å². The second kappa shape index (κ2) is 5.75. The van der Waals surface area contributed by atoms with E-state index >= 15 is 0 Å². The van der Waals surface area contributed by atoms with Crippen LogP contribution in [-0.2, 0) is 10.3 Å². The van der Waals surface area contributed by atoms with Gasteiger partial charge in [-0.15, -0.1) is 0 Å². The van der Waals surface area contributed by atoms with Crippen LogP contribution in [0.3, 0.4) is 0 Å². The van der Waals surface area contributed by atoms with Gasteiger partial charge in [0.1, 0.15) is 0 Å². The summed E-state index contributed by atoms with van der Waals surface area (Å²) >= 11 is 0. The lowest BCUT2D eigenvalue weighted by atomic mass is 9.47. The van der Waals surface area contributed by atoms with Crippen molar-refractivity contribution in [3.8, 4) is 6.07 Å². The fourth-order valence-corrected chi connectivity index (χ4v) is 4.83. The normalized spacial score (nSPS) is 31.8. The number of nitrogens with zero attached hydrogens (tertiary/aromatic N) is 1. The third-order valence-corrected chi connectivity index (χ3v) is 6.06. The summed E-state index contributed by atoms with van der Waals surface area (Å²) in [6.45, 7) is 3.85. The summed E-state index contributed by atoms with van der Waals surface area (Å²) < 4.78 is 0. The van der Waals surface area contributed by atoms with Crippen molar-refractivity contribution in [1.82, 2.24) is 0 Å². The minimum absolute atomic E-state index is 0.00476. The Kier molecular flexibility index (Phi) is 4.01. The standard InChI is InChI=1S/C20H24N2O2/c1-3-13-9-14-11-20(12-21,16(14)10-13)17(18(23)24)19(2,22)15-7-5-4-6-8-15/h4-8,10,14,16-17H,3,9,11,22H2,1-2H3,(H,23,24)/t14-,16+,17?,19-,20+/m0/s1. The van der Waals surface area contributed by atoms with Crippen LogP contribution in [0.1, 0.15) is 38.7 Å². The van der Waals surface area contributed by atoms with Crippen LogP contribution in [0, 0.1) is 34.5 Å². The summed E-state index contributed by atoms with van der Waals surface area (Å²) in [6.07, 6.45) is 4.72. The highest BCUT2D eigenvalue weighted by Gasteiger charge is 2.65. The monoisotopic (exact) mass is 324 g/mol. The molecule has 126 valence electrons. The maximum atomic E-state index is 12.2. The summed E-state index contributed by atoms with van der Waals surface area (Å²) in [5.41, 5.74) is 6.62. The second-order valence-corrected chi connectivity index (χ2v) is 7.44. The number of nitrogens with two attached hydrogens (primary N) is 1. The summed E-state index contributed by atoms with van der Waals surface area (Å²) in [5, 5.41) is 20.0. The predicted molar refractivity (Wildman–Crippen MR) is 91.7 cm³/mol. The molecule has 0 saturated heterocycles. The Bertz CT molecular complexity index is 717. The Morgan fingerprint density at radius 1 is 1.50 bits per heavy atom. The van der Waals surface area contributed by atoms with E-state index in [1.807, 2.05) is 30.3 Å². The molecule has 0 aromatic heterocycles. The number of hydrogen-bond acceptors (Lipinski definition) is 3. The molecule has 0 radical (unpaired) electrons. The first kappa shape index (κ1) is 16.7. The fraction of sp³-hybridized carbons (Fsp3) is 0.500. The molecule has 0 heterocycles. The quantitative estimate of drug-likeness (QED) is 0.812. The lowest BCUT2D eigenvalue weighted by Gasteiger charge is -2.54. The van der Waals surface area contributed by atoms with E-state index in [-0.39, 0.29) is 5.92 Å². The predicted octanol–water partition coefficient (Wildman–Crippen LogP) is 3.45. The van der Waals surface area contributed by atoms with Crippen molar-refractivity contribution < 1.29 is 9.90 Å². The molecule has 1 aromatic rings. The number of benzene rings is 1. The Balaban J connectivity index is 2.04. The minimum atomic E-state index is -1.10. The van der Waals surface area contributed by atoms with E-state index in [9.17, 15) is 15.2 Å². The number of fused-ring (bicyclic) bond motifs is 1. The van der Waals surface area contributed by atoms with E-state index in [0.29, 0.717) is 12.3 Å². The molecule has 4 nitrogen and oxygen atoms in total. The van der Waals surface area contributed by atoms with Gasteiger partial charge in [-0.05, 0) is 43.6 Å². The van der Waals surface area contributed by atoms with Gasteiger partial charge in [-0.25, -0.2) is 0 Å². The van der Waals surface area contributed by atoms with Crippen molar-refractivity contribution in [2.24, 2.45) is 28.9 Å². The van der Waals surface area contributed by atoms with Crippen LogP contribution in [0.15, 0.2) is 42.0 Å². The van der Waals surface area contributed by atoms with Gasteiger partial charge in [0.05, 0.1) is 22.9 Å². The first-order chi connectivity index (χ1) is 11.4. The molecular formula is C20H24N2O2. The molecule has 1 saturated carbocycles. The van der Waals surface area contributed by atoms with E-state index in [1.54, 1.807) is 6.92 Å². The zero-order chi connectivity index (χ0) is 17.5. The number of nitriles is 1. The number of carboxylic acids is 1. The Hall–Kier alpha value is -2.12. The molecule has 0 spiro atoms. The van der Waals surface area contributed by atoms with E-state index in [0.717, 1.165) is 18.4 Å². The van der Waals surface area contributed by atoms with Crippen molar-refractivity contribution in [1.29, 1.82) is 5.26 Å². The van der Waals surface area contributed by atoms with E-state index in [4.69, 9.17) is 5.73 Å². The van der Waals surface area contributed by atoms with Gasteiger partial charge in [-0.3, -0.25) is 4.79 Å². The van der Waals surface area contributed by atoms with Gasteiger partial charge in [0.15, 0.2) is 0 Å². The highest BCUT2D eigenvalue weighted by atomic mass is 16.4. The molecule has 2 aliphatic rings. The van der Waals surface area contributed by atoms with Gasteiger partial charge in [-0.1, -0.05) is 48.9 Å². The van der Waals surface area contributed by atoms with Gasteiger partial charge < -0.3 is 10.8 Å². The van der Waals surface area contributed by atoms with E-state index in [1.165, 1.54) is 5.57 Å². The number of allylic oxidation sites excluding steroid dienone is 2. The molecule has 24 heavy (non-hydrogen) atoms. The molecule has 2 aliphatic carbocycles. The molecule has 3 rings (SSSR count). The van der Waals surface area contributed by atoms with Crippen molar-refractivity contribution in [2.75, 3.05) is 0 Å². The highest BCUT2D eigenvalue weighted by Crippen LogP contribution is 2.63. The highest BCUT2D eigenvalue weighted by molar-refractivity contribution is 5.75. The molecule has 1 unspecified atom stereocenters. The molecule has 0 bridgehead atoms. The largest absolute Gasteiger partial charge is 0.481 e. The SMILES string of the molecule is CCC1=C[C@@H]2[C@@H](C1)C[C@]2(C#N)C(C(=O)O)[C@@](C)(N)c1ccccc1. The number of rotatable bonds is 5. The lowest BCUT2D eigenvalue weighted by molar-refractivity contribution is -0.156. The summed E-state index contributed by atoms with van der Waals surface area (Å²) in [5.74, 6) is -1.52. The minimum Gasteiger partial charge on any atom is -0.481 e. The third kappa shape index (κ3) is 2.27. The van der Waals surface area contributed by atoms with E-state index < -0.39 is 22.8 Å². The molecule has 5 atom stereocenters. The Morgan fingerprint density at radius 2 is 2.17 bits per heavy atom. The Morgan fingerprint density at radius 3 is 2.71 bits per heavy atom. The number of carbonyl (C=O) groups is 1. The van der Waals surface area contributed by atoms with Gasteiger partial charge in [0.2, 0.25) is 0 Å². The third-order valence-electron chi connectivity index (χ3n) is 6.06. The average molecular weight is 324 g/mol. The molecule has 3 N–H and O–H groups in total. The summed E-state index contributed by atoms with van der Waals surface area (Å²) in [6, 6.07) is 11.7. The molecule has 4 heteroatoms.